The van der Waals surface area contributed by atoms with Crippen LogP contribution >= 0.6 is 0 Å². The second-order valence-electron chi connectivity index (χ2n) is 4.33. The van der Waals surface area contributed by atoms with E-state index in [9.17, 15) is 9.59 Å². The number of nitrogens with one attached hydrogen (secondary N) is 2. The number of hydrogen-bond donors (Lipinski definition) is 2. The minimum absolute atomic E-state index is 0. The van der Waals surface area contributed by atoms with Gasteiger partial charge in [-0.15, -0.1) is 0 Å². The molecule has 0 aliphatic heterocycles. The van der Waals surface area contributed by atoms with E-state index in [1.165, 1.54) is 18.4 Å². The van der Waals surface area contributed by atoms with Crippen LogP contribution < -0.4 is 10.9 Å². The molecule has 0 amide bonds. The number of hydrazine groups is 1. The zero-order chi connectivity index (χ0) is 15.1. The van der Waals surface area contributed by atoms with Crippen molar-refractivity contribution in [2.45, 2.75) is 6.92 Å². The monoisotopic (exact) mass is 339 g/mol. The molecule has 0 bridgehead atoms. The Bertz CT molecular complexity index is 665. The molecule has 0 unspecified atom stereocenters. The molecule has 22 heavy (non-hydrogen) atoms. The number of amidine groups is 1. The van der Waals surface area contributed by atoms with E-state index in [0.29, 0.717) is 17.0 Å². The van der Waals surface area contributed by atoms with E-state index in [4.69, 9.17) is 0 Å². The first-order valence-electron chi connectivity index (χ1n) is 6.41. The maximum Gasteiger partial charge on any atom is 0.187 e. The van der Waals surface area contributed by atoms with E-state index >= 15 is 0 Å². The molecule has 0 heterocycles. The van der Waals surface area contributed by atoms with Crippen LogP contribution in [0.25, 0.3) is 0 Å². The third kappa shape index (κ3) is 5.15. The molecular weight excluding hydrogens is 325 g/mol. The molecular formula is C16H15N3NiO2. The Morgan fingerprint density at radius 3 is 2.09 bits per heavy atom. The molecule has 116 valence electrons. The Morgan fingerprint density at radius 2 is 1.50 bits per heavy atom. The van der Waals surface area contributed by atoms with Gasteiger partial charge >= 0.3 is 0 Å². The third-order valence-corrected chi connectivity index (χ3v) is 2.72. The van der Waals surface area contributed by atoms with Crippen LogP contribution in [-0.2, 0) is 26.1 Å². The largest absolute Gasteiger partial charge is 0.306 e. The quantitative estimate of drug-likeness (QED) is 0.270. The van der Waals surface area contributed by atoms with Gasteiger partial charge in [-0.05, 0) is 31.2 Å². The molecule has 2 aliphatic rings. The summed E-state index contributed by atoms with van der Waals surface area (Å²) in [7, 11) is 0. The summed E-state index contributed by atoms with van der Waals surface area (Å²) in [4.78, 5) is 27.1. The number of rotatable bonds is 3. The van der Waals surface area contributed by atoms with Crippen molar-refractivity contribution in [2.24, 2.45) is 4.99 Å². The van der Waals surface area contributed by atoms with E-state index in [-0.39, 0.29) is 28.1 Å². The molecule has 0 saturated heterocycles. The van der Waals surface area contributed by atoms with Gasteiger partial charge in [0.25, 0.3) is 0 Å². The predicted octanol–water partition coefficient (Wildman–Crippen LogP) is 1.65. The van der Waals surface area contributed by atoms with Crippen molar-refractivity contribution in [3.8, 4) is 0 Å². The Labute approximate surface area is 138 Å². The average Bonchev–Trinajstić information content (AvgIpc) is 2.48. The summed E-state index contributed by atoms with van der Waals surface area (Å²) in [6.07, 6.45) is 16.4. The normalized spacial score (nSPS) is 20.5. The zero-order valence-corrected chi connectivity index (χ0v) is 12.8. The molecule has 6 heteroatoms. The van der Waals surface area contributed by atoms with E-state index in [1.807, 2.05) is 0 Å². The summed E-state index contributed by atoms with van der Waals surface area (Å²) < 4.78 is 0. The fourth-order valence-electron chi connectivity index (χ4n) is 1.60. The van der Waals surface area contributed by atoms with Crippen molar-refractivity contribution in [2.75, 3.05) is 0 Å². The number of carbonyl (C=O) groups is 2. The SMILES string of the molecule is CC(=N/C=C1/C=CC=CC1=O)NN/C=C1/C=CC=CC1=O.[Ni]. The van der Waals surface area contributed by atoms with Gasteiger partial charge in [0.05, 0.1) is 0 Å². The molecule has 0 aromatic heterocycles. The Kier molecular flexibility index (Phi) is 7.00. The van der Waals surface area contributed by atoms with Crippen LogP contribution in [0.2, 0.25) is 0 Å². The van der Waals surface area contributed by atoms with Crippen molar-refractivity contribution in [1.29, 1.82) is 0 Å². The van der Waals surface area contributed by atoms with Crippen molar-refractivity contribution >= 4 is 17.4 Å². The predicted molar refractivity (Wildman–Crippen MR) is 82.1 cm³/mol. The van der Waals surface area contributed by atoms with E-state index in [2.05, 4.69) is 15.8 Å². The van der Waals surface area contributed by atoms with Crippen LogP contribution in [0, 0.1) is 0 Å². The Hall–Kier alpha value is -2.46. The summed E-state index contributed by atoms with van der Waals surface area (Å²) in [5, 5.41) is 0. The van der Waals surface area contributed by atoms with Crippen LogP contribution in [0.3, 0.4) is 0 Å². The van der Waals surface area contributed by atoms with Gasteiger partial charge in [0.1, 0.15) is 5.84 Å². The fourth-order valence-corrected chi connectivity index (χ4v) is 1.60. The van der Waals surface area contributed by atoms with Gasteiger partial charge in [0, 0.05) is 40.0 Å². The minimum Gasteiger partial charge on any atom is -0.306 e. The molecule has 2 rings (SSSR count). The number of aliphatic imine (C=N–C) groups is 1. The zero-order valence-electron chi connectivity index (χ0n) is 11.9. The minimum atomic E-state index is -0.0751. The number of carbonyl (C=O) groups excluding carboxylic acids is 2. The number of hydrogen-bond acceptors (Lipinski definition) is 4. The maximum absolute atomic E-state index is 11.5. The molecule has 2 aliphatic carbocycles. The van der Waals surface area contributed by atoms with E-state index in [0.717, 1.165) is 0 Å². The van der Waals surface area contributed by atoms with Crippen LogP contribution in [-0.4, -0.2) is 17.4 Å². The van der Waals surface area contributed by atoms with E-state index < -0.39 is 0 Å². The summed E-state index contributed by atoms with van der Waals surface area (Å²) in [6, 6.07) is 0. The van der Waals surface area contributed by atoms with Gasteiger partial charge < -0.3 is 5.43 Å². The molecule has 0 spiro atoms. The van der Waals surface area contributed by atoms with Crippen LogP contribution in [0.15, 0.2) is 77.1 Å². The van der Waals surface area contributed by atoms with Crippen LogP contribution in [0.1, 0.15) is 6.92 Å². The standard InChI is InChI=1S/C16H15N3O2.Ni/c1-12(17-10-13-6-2-4-8-15(13)20)19-18-11-14-7-3-5-9-16(14)21;/h2-11,18H,1H3,(H,17,19);/b13-10-,14-11-;. The Morgan fingerprint density at radius 1 is 0.955 bits per heavy atom. The molecule has 0 atom stereocenters. The number of allylic oxidation sites excluding steroid dienone is 10. The second-order valence-corrected chi connectivity index (χ2v) is 4.33. The molecule has 0 saturated carbocycles. The number of ketones is 2. The Balaban J connectivity index is 0.00000242. The summed E-state index contributed by atoms with van der Waals surface area (Å²) in [5.41, 5.74) is 6.68. The van der Waals surface area contributed by atoms with Crippen molar-refractivity contribution < 1.29 is 26.1 Å². The van der Waals surface area contributed by atoms with Crippen molar-refractivity contribution in [1.82, 2.24) is 10.9 Å². The van der Waals surface area contributed by atoms with Gasteiger partial charge in [-0.3, -0.25) is 15.0 Å². The topological polar surface area (TPSA) is 70.6 Å². The molecule has 2 N–H and O–H groups in total. The van der Waals surface area contributed by atoms with Crippen LogP contribution in [0.4, 0.5) is 0 Å². The molecule has 5 nitrogen and oxygen atoms in total. The molecule has 0 fully saturated rings. The fraction of sp³-hybridized carbons (Fsp3) is 0.0625. The van der Waals surface area contributed by atoms with Crippen molar-refractivity contribution in [3.05, 3.63) is 72.2 Å². The van der Waals surface area contributed by atoms with Gasteiger partial charge in [-0.1, -0.05) is 24.3 Å². The summed E-state index contributed by atoms with van der Waals surface area (Å²) in [5.74, 6) is 0.431. The first kappa shape index (κ1) is 17.6. The van der Waals surface area contributed by atoms with E-state index in [1.54, 1.807) is 49.6 Å². The average molecular weight is 340 g/mol. The number of nitrogens with zero attached hydrogens (tertiary/aromatic N) is 1. The molecule has 0 aromatic carbocycles. The van der Waals surface area contributed by atoms with Crippen LogP contribution in [0.5, 0.6) is 0 Å². The van der Waals surface area contributed by atoms with Gasteiger partial charge in [-0.25, -0.2) is 4.99 Å². The maximum atomic E-state index is 11.5. The molecule has 0 aromatic rings. The first-order valence-corrected chi connectivity index (χ1v) is 6.41. The van der Waals surface area contributed by atoms with Gasteiger partial charge in [-0.2, -0.15) is 0 Å². The smallest absolute Gasteiger partial charge is 0.187 e. The molecule has 0 radical (unpaired) electrons. The second kappa shape index (κ2) is 8.75. The summed E-state index contributed by atoms with van der Waals surface area (Å²) >= 11 is 0. The third-order valence-electron chi connectivity index (χ3n) is 2.72. The first-order chi connectivity index (χ1) is 10.2. The van der Waals surface area contributed by atoms with Gasteiger partial charge in [0.2, 0.25) is 0 Å². The van der Waals surface area contributed by atoms with Gasteiger partial charge in [0.15, 0.2) is 11.6 Å². The van der Waals surface area contributed by atoms with Crippen molar-refractivity contribution in [3.63, 3.8) is 0 Å². The summed E-state index contributed by atoms with van der Waals surface area (Å²) in [6.45, 7) is 1.74.